The second-order valence-electron chi connectivity index (χ2n) is 4.17. The van der Waals surface area contributed by atoms with E-state index in [4.69, 9.17) is 21.1 Å². The summed E-state index contributed by atoms with van der Waals surface area (Å²) in [7, 11) is 0. The normalized spacial score (nSPS) is 12.5. The van der Waals surface area contributed by atoms with E-state index in [-0.39, 0.29) is 12.6 Å². The molecule has 0 aliphatic carbocycles. The molecule has 0 fully saturated rings. The van der Waals surface area contributed by atoms with E-state index >= 15 is 0 Å². The van der Waals surface area contributed by atoms with E-state index in [0.29, 0.717) is 23.0 Å². The van der Waals surface area contributed by atoms with E-state index < -0.39 is 0 Å². The zero-order chi connectivity index (χ0) is 13.2. The Labute approximate surface area is 114 Å². The largest absolute Gasteiger partial charge is 0.454 e. The molecule has 1 heterocycles. The van der Waals surface area contributed by atoms with Gasteiger partial charge in [0.15, 0.2) is 11.5 Å². The number of hydrogen-bond donors (Lipinski definition) is 1. The molecule has 1 N–H and O–H groups in total. The molecule has 0 amide bonds. The van der Waals surface area contributed by atoms with Crippen molar-refractivity contribution in [3.8, 4) is 11.5 Å². The molecule has 0 unspecified atom stereocenters. The van der Waals surface area contributed by atoms with Gasteiger partial charge in [0, 0.05) is 11.6 Å². The summed E-state index contributed by atoms with van der Waals surface area (Å²) in [6, 6.07) is 10.0. The summed E-state index contributed by atoms with van der Waals surface area (Å²) in [6.07, 6.45) is 0. The van der Waals surface area contributed by atoms with Crippen molar-refractivity contribution in [3.63, 3.8) is 0 Å². The van der Waals surface area contributed by atoms with Gasteiger partial charge in [-0.2, -0.15) is 0 Å². The first-order chi connectivity index (χ1) is 9.22. The molecule has 19 heavy (non-hydrogen) atoms. The summed E-state index contributed by atoms with van der Waals surface area (Å²) in [5.74, 6) is 1.12. The predicted molar refractivity (Wildman–Crippen MR) is 71.3 cm³/mol. The molecule has 98 valence electrons. The van der Waals surface area contributed by atoms with Gasteiger partial charge < -0.3 is 14.8 Å². The third kappa shape index (κ3) is 2.58. The van der Waals surface area contributed by atoms with Crippen molar-refractivity contribution < 1.29 is 13.9 Å². The minimum Gasteiger partial charge on any atom is -0.454 e. The van der Waals surface area contributed by atoms with E-state index in [2.05, 4.69) is 5.32 Å². The first kappa shape index (κ1) is 12.1. The van der Waals surface area contributed by atoms with Crippen LogP contribution in [0.5, 0.6) is 11.5 Å². The number of hydrogen-bond acceptors (Lipinski definition) is 3. The van der Waals surface area contributed by atoms with E-state index in [0.717, 1.165) is 11.3 Å². The van der Waals surface area contributed by atoms with Crippen LogP contribution in [0.25, 0.3) is 0 Å². The van der Waals surface area contributed by atoms with Crippen LogP contribution in [0.15, 0.2) is 36.4 Å². The summed E-state index contributed by atoms with van der Waals surface area (Å²) in [5.41, 5.74) is 1.36. The van der Waals surface area contributed by atoms with Gasteiger partial charge in [0.25, 0.3) is 0 Å². The van der Waals surface area contributed by atoms with Crippen LogP contribution >= 0.6 is 11.6 Å². The summed E-state index contributed by atoms with van der Waals surface area (Å²) in [6.45, 7) is 0.725. The molecule has 0 spiro atoms. The molecule has 0 saturated heterocycles. The van der Waals surface area contributed by atoms with E-state index in [1.165, 1.54) is 12.1 Å². The minimum atomic E-state index is -0.329. The molecule has 0 atom stereocenters. The van der Waals surface area contributed by atoms with Crippen molar-refractivity contribution in [2.75, 3.05) is 12.1 Å². The second-order valence-corrected chi connectivity index (χ2v) is 4.60. The molecule has 1 aliphatic rings. The van der Waals surface area contributed by atoms with Gasteiger partial charge in [-0.05, 0) is 35.9 Å². The third-order valence-electron chi connectivity index (χ3n) is 2.85. The number of anilines is 1. The van der Waals surface area contributed by atoms with Gasteiger partial charge in [-0.3, -0.25) is 0 Å². The molecule has 0 saturated carbocycles. The highest BCUT2D eigenvalue weighted by Crippen LogP contribution is 2.32. The summed E-state index contributed by atoms with van der Waals surface area (Å²) >= 11 is 5.83. The average Bonchev–Trinajstić information content (AvgIpc) is 2.87. The molecule has 3 nitrogen and oxygen atoms in total. The van der Waals surface area contributed by atoms with Crippen LogP contribution in [0, 0.1) is 5.82 Å². The lowest BCUT2D eigenvalue weighted by molar-refractivity contribution is 0.174. The van der Waals surface area contributed by atoms with Gasteiger partial charge in [0.1, 0.15) is 5.82 Å². The van der Waals surface area contributed by atoms with Crippen molar-refractivity contribution in [1.82, 2.24) is 0 Å². The highest BCUT2D eigenvalue weighted by molar-refractivity contribution is 6.30. The van der Waals surface area contributed by atoms with Crippen LogP contribution in [-0.4, -0.2) is 6.79 Å². The van der Waals surface area contributed by atoms with Gasteiger partial charge >= 0.3 is 0 Å². The van der Waals surface area contributed by atoms with Gasteiger partial charge in [-0.15, -0.1) is 0 Å². The monoisotopic (exact) mass is 279 g/mol. The summed E-state index contributed by atoms with van der Waals surface area (Å²) < 4.78 is 24.0. The van der Waals surface area contributed by atoms with Crippen molar-refractivity contribution in [1.29, 1.82) is 0 Å². The van der Waals surface area contributed by atoms with Crippen molar-refractivity contribution in [2.24, 2.45) is 0 Å². The lowest BCUT2D eigenvalue weighted by atomic mass is 10.2. The number of ether oxygens (including phenoxy) is 2. The zero-order valence-corrected chi connectivity index (χ0v) is 10.7. The molecule has 2 aromatic rings. The Kier molecular flexibility index (Phi) is 3.17. The highest BCUT2D eigenvalue weighted by Gasteiger charge is 2.13. The fourth-order valence-electron chi connectivity index (χ4n) is 1.88. The van der Waals surface area contributed by atoms with Gasteiger partial charge in [0.2, 0.25) is 6.79 Å². The quantitative estimate of drug-likeness (QED) is 0.926. The van der Waals surface area contributed by atoms with Gasteiger partial charge in [-0.1, -0.05) is 17.7 Å². The number of rotatable bonds is 3. The molecule has 5 heteroatoms. The zero-order valence-electron chi connectivity index (χ0n) is 9.95. The fourth-order valence-corrected chi connectivity index (χ4v) is 2.05. The van der Waals surface area contributed by atoms with Crippen LogP contribution < -0.4 is 14.8 Å². The number of halogens is 2. The van der Waals surface area contributed by atoms with E-state index in [9.17, 15) is 4.39 Å². The average molecular weight is 280 g/mol. The third-order valence-corrected chi connectivity index (χ3v) is 3.08. The molecule has 0 radical (unpaired) electrons. The van der Waals surface area contributed by atoms with Crippen LogP contribution in [0.2, 0.25) is 5.02 Å². The maximum absolute atomic E-state index is 13.5. The molecule has 0 bridgehead atoms. The fraction of sp³-hybridized carbons (Fsp3) is 0.143. The number of nitrogens with one attached hydrogen (secondary N) is 1. The minimum absolute atomic E-state index is 0.245. The highest BCUT2D eigenvalue weighted by atomic mass is 35.5. The van der Waals surface area contributed by atoms with Gasteiger partial charge in [0.05, 0.1) is 5.69 Å². The van der Waals surface area contributed by atoms with E-state index in [1.54, 1.807) is 6.07 Å². The standard InChI is InChI=1S/C14H11ClFNO2/c15-10-2-3-11(16)12(6-10)17-7-9-1-4-13-14(5-9)19-8-18-13/h1-6,17H,7-8H2. The molecule has 0 aromatic heterocycles. The topological polar surface area (TPSA) is 30.5 Å². The molecule has 3 rings (SSSR count). The first-order valence-electron chi connectivity index (χ1n) is 5.80. The lowest BCUT2D eigenvalue weighted by Gasteiger charge is -2.08. The van der Waals surface area contributed by atoms with Gasteiger partial charge in [-0.25, -0.2) is 4.39 Å². The van der Waals surface area contributed by atoms with E-state index in [1.807, 2.05) is 18.2 Å². The Morgan fingerprint density at radius 2 is 1.95 bits per heavy atom. The maximum atomic E-state index is 13.5. The SMILES string of the molecule is Fc1ccc(Cl)cc1NCc1ccc2c(c1)OCO2. The van der Waals surface area contributed by atoms with Crippen molar-refractivity contribution >= 4 is 17.3 Å². The Hall–Kier alpha value is -1.94. The molecular weight excluding hydrogens is 269 g/mol. The predicted octanol–water partition coefficient (Wildman–Crippen LogP) is 3.82. The Morgan fingerprint density at radius 1 is 1.11 bits per heavy atom. The first-order valence-corrected chi connectivity index (χ1v) is 6.17. The molecule has 2 aromatic carbocycles. The van der Waals surface area contributed by atoms with Crippen LogP contribution in [0.4, 0.5) is 10.1 Å². The van der Waals surface area contributed by atoms with Crippen LogP contribution in [0.3, 0.4) is 0 Å². The Bertz CT molecular complexity index is 618. The number of benzene rings is 2. The Morgan fingerprint density at radius 3 is 2.84 bits per heavy atom. The smallest absolute Gasteiger partial charge is 0.231 e. The Balaban J connectivity index is 1.74. The van der Waals surface area contributed by atoms with Crippen LogP contribution in [-0.2, 0) is 6.54 Å². The van der Waals surface area contributed by atoms with Crippen molar-refractivity contribution in [3.05, 3.63) is 52.8 Å². The number of fused-ring (bicyclic) bond motifs is 1. The second kappa shape index (κ2) is 4.97. The van der Waals surface area contributed by atoms with Crippen LogP contribution in [0.1, 0.15) is 5.56 Å². The lowest BCUT2D eigenvalue weighted by Crippen LogP contribution is -2.01. The molecular formula is C14H11ClFNO2. The molecule has 1 aliphatic heterocycles. The maximum Gasteiger partial charge on any atom is 0.231 e. The summed E-state index contributed by atoms with van der Waals surface area (Å²) in [5, 5.41) is 3.50. The van der Waals surface area contributed by atoms with Crippen molar-refractivity contribution in [2.45, 2.75) is 6.54 Å². The summed E-state index contributed by atoms with van der Waals surface area (Å²) in [4.78, 5) is 0.